The summed E-state index contributed by atoms with van der Waals surface area (Å²) in [4.78, 5) is 22.9. The Bertz CT molecular complexity index is 671. The van der Waals surface area contributed by atoms with Crippen LogP contribution in [0.3, 0.4) is 0 Å². The molecule has 8 heteroatoms. The van der Waals surface area contributed by atoms with Crippen LogP contribution < -0.4 is 11.1 Å². The number of aromatic nitrogens is 3. The molecule has 2 amide bonds. The highest BCUT2D eigenvalue weighted by Gasteiger charge is 2.18. The van der Waals surface area contributed by atoms with Crippen molar-refractivity contribution in [2.24, 2.45) is 12.8 Å². The van der Waals surface area contributed by atoms with Crippen molar-refractivity contribution in [3.8, 4) is 0 Å². The van der Waals surface area contributed by atoms with Crippen molar-refractivity contribution in [1.82, 2.24) is 20.1 Å². The molecule has 0 saturated heterocycles. The van der Waals surface area contributed by atoms with Gasteiger partial charge in [-0.2, -0.15) is 0 Å². The van der Waals surface area contributed by atoms with E-state index in [0.29, 0.717) is 16.5 Å². The van der Waals surface area contributed by atoms with E-state index in [1.807, 2.05) is 13.0 Å². The van der Waals surface area contributed by atoms with Crippen LogP contribution in [-0.2, 0) is 11.8 Å². The topological polar surface area (TPSA) is 103 Å². The summed E-state index contributed by atoms with van der Waals surface area (Å²) in [5, 5.41) is 11.5. The van der Waals surface area contributed by atoms with Gasteiger partial charge in [0.05, 0.1) is 11.8 Å². The standard InChI is InChI=1S/C14H17N5O2S/c1-9(16-13(21)10-6-4-3-5-7-10)12-17-18-14(19(12)2)22-8-11(15)20/h3-7,9H,8H2,1-2H3,(H2,15,20)(H,16,21)/t9-/m1/s1. The highest BCUT2D eigenvalue weighted by atomic mass is 32.2. The summed E-state index contributed by atoms with van der Waals surface area (Å²) in [5.74, 6) is 0.148. The zero-order valence-corrected chi connectivity index (χ0v) is 13.1. The quantitative estimate of drug-likeness (QED) is 0.770. The summed E-state index contributed by atoms with van der Waals surface area (Å²) >= 11 is 1.21. The fraction of sp³-hybridized carbons (Fsp3) is 0.286. The fourth-order valence-electron chi connectivity index (χ4n) is 1.90. The summed E-state index contributed by atoms with van der Waals surface area (Å²) in [6, 6.07) is 8.64. The highest BCUT2D eigenvalue weighted by molar-refractivity contribution is 7.99. The van der Waals surface area contributed by atoms with Crippen molar-refractivity contribution in [3.63, 3.8) is 0 Å². The molecule has 1 aromatic carbocycles. The lowest BCUT2D eigenvalue weighted by Crippen LogP contribution is -2.28. The summed E-state index contributed by atoms with van der Waals surface area (Å²) in [7, 11) is 1.78. The van der Waals surface area contributed by atoms with Gasteiger partial charge in [-0.05, 0) is 19.1 Å². The number of benzene rings is 1. The molecule has 0 aliphatic carbocycles. The van der Waals surface area contributed by atoms with Gasteiger partial charge in [0.1, 0.15) is 0 Å². The van der Waals surface area contributed by atoms with Crippen LogP contribution in [0.1, 0.15) is 29.1 Å². The van der Waals surface area contributed by atoms with Crippen LogP contribution in [0.15, 0.2) is 35.5 Å². The summed E-state index contributed by atoms with van der Waals surface area (Å²) in [5.41, 5.74) is 5.70. The maximum atomic E-state index is 12.1. The lowest BCUT2D eigenvalue weighted by Gasteiger charge is -2.13. The first-order valence-corrected chi connectivity index (χ1v) is 7.64. The monoisotopic (exact) mass is 319 g/mol. The molecule has 1 heterocycles. The molecule has 0 unspecified atom stereocenters. The van der Waals surface area contributed by atoms with Crippen LogP contribution in [0.25, 0.3) is 0 Å². The second-order valence-corrected chi connectivity index (χ2v) is 5.66. The largest absolute Gasteiger partial charge is 0.369 e. The second-order valence-electron chi connectivity index (χ2n) is 4.72. The average molecular weight is 319 g/mol. The van der Waals surface area contributed by atoms with Crippen LogP contribution >= 0.6 is 11.8 Å². The number of nitrogens with two attached hydrogens (primary N) is 1. The highest BCUT2D eigenvalue weighted by Crippen LogP contribution is 2.18. The van der Waals surface area contributed by atoms with Crippen molar-refractivity contribution < 1.29 is 9.59 Å². The third kappa shape index (κ3) is 3.85. The zero-order valence-electron chi connectivity index (χ0n) is 12.3. The first-order chi connectivity index (χ1) is 10.5. The van der Waals surface area contributed by atoms with Crippen molar-refractivity contribution in [2.75, 3.05) is 5.75 Å². The van der Waals surface area contributed by atoms with Gasteiger partial charge in [0.2, 0.25) is 5.91 Å². The molecule has 0 fully saturated rings. The van der Waals surface area contributed by atoms with Crippen LogP contribution in [-0.4, -0.2) is 32.3 Å². The number of hydrogen-bond acceptors (Lipinski definition) is 5. The van der Waals surface area contributed by atoms with E-state index < -0.39 is 5.91 Å². The van der Waals surface area contributed by atoms with Crippen LogP contribution in [0, 0.1) is 0 Å². The number of thioether (sulfide) groups is 1. The summed E-state index contributed by atoms with van der Waals surface area (Å²) in [6.07, 6.45) is 0. The Balaban J connectivity index is 2.05. The maximum absolute atomic E-state index is 12.1. The molecule has 0 saturated carbocycles. The number of primary amides is 1. The minimum Gasteiger partial charge on any atom is -0.369 e. The molecule has 7 nitrogen and oxygen atoms in total. The van der Waals surface area contributed by atoms with Gasteiger partial charge in [-0.15, -0.1) is 10.2 Å². The Labute approximate surface area is 132 Å². The number of carbonyl (C=O) groups is 2. The Hall–Kier alpha value is -2.35. The molecule has 1 aromatic heterocycles. The lowest BCUT2D eigenvalue weighted by atomic mass is 10.2. The van der Waals surface area contributed by atoms with Crippen molar-refractivity contribution in [1.29, 1.82) is 0 Å². The number of carbonyl (C=O) groups excluding carboxylic acids is 2. The van der Waals surface area contributed by atoms with E-state index in [1.54, 1.807) is 35.9 Å². The minimum atomic E-state index is -0.417. The predicted molar refractivity (Wildman–Crippen MR) is 83.2 cm³/mol. The predicted octanol–water partition coefficient (Wildman–Crippen LogP) is 0.883. The molecule has 0 bridgehead atoms. The normalized spacial score (nSPS) is 11.9. The van der Waals surface area contributed by atoms with E-state index in [0.717, 1.165) is 0 Å². The number of amides is 2. The fourth-order valence-corrected chi connectivity index (χ4v) is 2.56. The van der Waals surface area contributed by atoms with Crippen molar-refractivity contribution in [3.05, 3.63) is 41.7 Å². The molecular weight excluding hydrogens is 302 g/mol. The number of nitrogens with one attached hydrogen (secondary N) is 1. The lowest BCUT2D eigenvalue weighted by molar-refractivity contribution is -0.115. The third-order valence-corrected chi connectivity index (χ3v) is 4.03. The van der Waals surface area contributed by atoms with Gasteiger partial charge in [0.15, 0.2) is 11.0 Å². The maximum Gasteiger partial charge on any atom is 0.251 e. The van der Waals surface area contributed by atoms with Crippen molar-refractivity contribution in [2.45, 2.75) is 18.1 Å². The average Bonchev–Trinajstić information content (AvgIpc) is 2.87. The van der Waals surface area contributed by atoms with Gasteiger partial charge >= 0.3 is 0 Å². The molecule has 1 atom stereocenters. The molecule has 2 rings (SSSR count). The number of nitrogens with zero attached hydrogens (tertiary/aromatic N) is 3. The van der Waals surface area contributed by atoms with E-state index >= 15 is 0 Å². The molecule has 0 spiro atoms. The van der Waals surface area contributed by atoms with Gasteiger partial charge in [0, 0.05) is 12.6 Å². The molecule has 22 heavy (non-hydrogen) atoms. The molecule has 0 radical (unpaired) electrons. The molecule has 0 aliphatic rings. The van der Waals surface area contributed by atoms with Crippen molar-refractivity contribution >= 4 is 23.6 Å². The molecular formula is C14H17N5O2S. The first-order valence-electron chi connectivity index (χ1n) is 6.65. The van der Waals surface area contributed by atoms with Gasteiger partial charge < -0.3 is 15.6 Å². The first kappa shape index (κ1) is 16.0. The van der Waals surface area contributed by atoms with E-state index in [1.165, 1.54) is 11.8 Å². The number of rotatable bonds is 6. The Morgan fingerprint density at radius 3 is 2.64 bits per heavy atom. The second kappa shape index (κ2) is 7.08. The van der Waals surface area contributed by atoms with Crippen LogP contribution in [0.4, 0.5) is 0 Å². The Morgan fingerprint density at radius 1 is 1.32 bits per heavy atom. The van der Waals surface area contributed by atoms with Crippen LogP contribution in [0.5, 0.6) is 0 Å². The SMILES string of the molecule is C[C@@H](NC(=O)c1ccccc1)c1nnc(SCC(N)=O)n1C. The molecule has 3 N–H and O–H groups in total. The zero-order chi connectivity index (χ0) is 16.1. The summed E-state index contributed by atoms with van der Waals surface area (Å²) in [6.45, 7) is 1.83. The van der Waals surface area contributed by atoms with E-state index in [-0.39, 0.29) is 17.7 Å². The molecule has 2 aromatic rings. The van der Waals surface area contributed by atoms with E-state index in [2.05, 4.69) is 15.5 Å². The molecule has 116 valence electrons. The number of hydrogen-bond donors (Lipinski definition) is 2. The smallest absolute Gasteiger partial charge is 0.251 e. The van der Waals surface area contributed by atoms with E-state index in [9.17, 15) is 9.59 Å². The third-order valence-electron chi connectivity index (χ3n) is 2.98. The van der Waals surface area contributed by atoms with Gasteiger partial charge in [0.25, 0.3) is 5.91 Å². The van der Waals surface area contributed by atoms with Gasteiger partial charge in [-0.1, -0.05) is 30.0 Å². The Morgan fingerprint density at radius 2 is 2.00 bits per heavy atom. The van der Waals surface area contributed by atoms with Gasteiger partial charge in [-0.25, -0.2) is 0 Å². The molecule has 0 aliphatic heterocycles. The summed E-state index contributed by atoms with van der Waals surface area (Å²) < 4.78 is 1.74. The van der Waals surface area contributed by atoms with Crippen LogP contribution in [0.2, 0.25) is 0 Å². The van der Waals surface area contributed by atoms with E-state index in [4.69, 9.17) is 5.73 Å². The minimum absolute atomic E-state index is 0.136. The van der Waals surface area contributed by atoms with Gasteiger partial charge in [-0.3, -0.25) is 9.59 Å². The Kier molecular flexibility index (Phi) is 5.16.